The van der Waals surface area contributed by atoms with Crippen molar-refractivity contribution in [3.63, 3.8) is 0 Å². The molecule has 0 aromatic carbocycles. The molecule has 0 fully saturated rings. The van der Waals surface area contributed by atoms with Crippen molar-refractivity contribution in [2.45, 2.75) is 79.1 Å². The first kappa shape index (κ1) is 32.6. The molecule has 11 heteroatoms. The molecule has 214 valence electrons. The van der Waals surface area contributed by atoms with Crippen molar-refractivity contribution < 1.29 is 19.2 Å². The molecule has 0 bridgehead atoms. The van der Waals surface area contributed by atoms with Crippen LogP contribution in [0.2, 0.25) is 0 Å². The van der Waals surface area contributed by atoms with Crippen molar-refractivity contribution in [1.29, 1.82) is 0 Å². The minimum atomic E-state index is -0.159. The molecule has 2 aromatic rings. The lowest BCUT2D eigenvalue weighted by molar-refractivity contribution is 0.0609. The average Bonchev–Trinajstić information content (AvgIpc) is 3.59. The molecule has 39 heavy (non-hydrogen) atoms. The van der Waals surface area contributed by atoms with Crippen molar-refractivity contribution in [3.05, 3.63) is 39.0 Å². The van der Waals surface area contributed by atoms with Gasteiger partial charge in [-0.3, -0.25) is 29.0 Å². The van der Waals surface area contributed by atoms with E-state index in [1.165, 1.54) is 32.5 Å². The van der Waals surface area contributed by atoms with Gasteiger partial charge in [-0.1, -0.05) is 66.2 Å². The fourth-order valence-electron chi connectivity index (χ4n) is 4.87. The molecule has 2 atom stereocenters. The molecule has 0 saturated carbocycles. The lowest BCUT2D eigenvalue weighted by Gasteiger charge is -2.21. The van der Waals surface area contributed by atoms with Crippen molar-refractivity contribution in [2.75, 3.05) is 13.1 Å². The second kappa shape index (κ2) is 14.8. The predicted molar refractivity (Wildman–Crippen MR) is 169 cm³/mol. The number of amides is 4. The summed E-state index contributed by atoms with van der Waals surface area (Å²) in [4.78, 5) is 52.2. The third-order valence-corrected chi connectivity index (χ3v) is 11.6. The number of fused-ring (bicyclic) bond motifs is 2. The number of thiophene rings is 2. The van der Waals surface area contributed by atoms with Crippen molar-refractivity contribution in [3.8, 4) is 0 Å². The fraction of sp³-hybridized carbons (Fsp3) is 0.571. The molecule has 4 heterocycles. The van der Waals surface area contributed by atoms with Gasteiger partial charge in [-0.15, -0.1) is 22.7 Å². The van der Waals surface area contributed by atoms with Crippen LogP contribution in [0.15, 0.2) is 16.7 Å². The van der Waals surface area contributed by atoms with Crippen LogP contribution in [0.3, 0.4) is 0 Å². The molecule has 0 aliphatic carbocycles. The fourth-order valence-corrected chi connectivity index (χ4v) is 9.39. The molecular weight excluding hydrogens is 732 g/mol. The molecule has 2 aliphatic rings. The summed E-state index contributed by atoms with van der Waals surface area (Å²) in [7, 11) is 0. The van der Waals surface area contributed by atoms with Gasteiger partial charge in [0.05, 0.1) is 33.6 Å². The van der Waals surface area contributed by atoms with Crippen LogP contribution in [-0.4, -0.2) is 46.5 Å². The average molecular weight is 767 g/mol. The van der Waals surface area contributed by atoms with Gasteiger partial charge in [0.15, 0.2) is 0 Å². The second-order valence-corrected chi connectivity index (χ2v) is 15.8. The summed E-state index contributed by atoms with van der Waals surface area (Å²) in [6, 6.07) is 0. The first-order valence-corrected chi connectivity index (χ1v) is 17.7. The molecule has 6 nitrogen and oxygen atoms in total. The van der Waals surface area contributed by atoms with Crippen LogP contribution in [0.1, 0.15) is 120 Å². The Morgan fingerprint density at radius 3 is 1.51 bits per heavy atom. The Morgan fingerprint density at radius 1 is 0.667 bits per heavy atom. The first-order valence-electron chi connectivity index (χ1n) is 13.6. The maximum Gasteiger partial charge on any atom is 0.263 e. The van der Waals surface area contributed by atoms with E-state index >= 15 is 0 Å². The normalized spacial score (nSPS) is 16.0. The van der Waals surface area contributed by atoms with Crippen molar-refractivity contribution in [1.82, 2.24) is 9.80 Å². The summed E-state index contributed by atoms with van der Waals surface area (Å²) in [5, 5.41) is 1.77. The Labute approximate surface area is 264 Å². The number of carbonyl (C=O) groups excluding carboxylic acids is 4. The lowest BCUT2D eigenvalue weighted by Crippen LogP contribution is -2.34. The smallest absolute Gasteiger partial charge is 0.263 e. The van der Waals surface area contributed by atoms with E-state index in [9.17, 15) is 19.2 Å². The van der Waals surface area contributed by atoms with Crippen LogP contribution < -0.4 is 0 Å². The zero-order chi connectivity index (χ0) is 28.9. The number of rotatable bonds is 12. The SMILES string of the molecule is CCCCC(CC)CN1C(=O)c2c(Br)sc(Br)c2C1=O.CCCCC(CC)CN1C(=O)c2csc(Br)c2C1=O. The molecule has 0 saturated heterocycles. The van der Waals surface area contributed by atoms with Crippen molar-refractivity contribution in [2.24, 2.45) is 11.8 Å². The first-order chi connectivity index (χ1) is 18.6. The zero-order valence-corrected chi connectivity index (χ0v) is 29.2. The topological polar surface area (TPSA) is 74.8 Å². The molecule has 2 aromatic heterocycles. The van der Waals surface area contributed by atoms with Gasteiger partial charge < -0.3 is 0 Å². The van der Waals surface area contributed by atoms with Crippen LogP contribution in [-0.2, 0) is 0 Å². The van der Waals surface area contributed by atoms with Gasteiger partial charge in [0.25, 0.3) is 23.6 Å². The van der Waals surface area contributed by atoms with Crippen LogP contribution in [0, 0.1) is 11.8 Å². The van der Waals surface area contributed by atoms with Gasteiger partial charge in [-0.05, 0) is 72.5 Å². The minimum absolute atomic E-state index is 0.128. The van der Waals surface area contributed by atoms with Gasteiger partial charge in [0, 0.05) is 18.5 Å². The van der Waals surface area contributed by atoms with E-state index in [1.807, 2.05) is 0 Å². The molecule has 0 spiro atoms. The zero-order valence-electron chi connectivity index (χ0n) is 22.8. The summed E-state index contributed by atoms with van der Waals surface area (Å²) >= 11 is 12.9. The van der Waals surface area contributed by atoms with Crippen LogP contribution in [0.5, 0.6) is 0 Å². The van der Waals surface area contributed by atoms with E-state index in [2.05, 4.69) is 75.5 Å². The summed E-state index contributed by atoms with van der Waals surface area (Å²) in [5.74, 6) is 0.231. The van der Waals surface area contributed by atoms with Gasteiger partial charge in [-0.25, -0.2) is 0 Å². The Balaban J connectivity index is 0.000000216. The molecule has 2 aliphatic heterocycles. The number of imide groups is 2. The predicted octanol–water partition coefficient (Wildman–Crippen LogP) is 9.41. The summed E-state index contributed by atoms with van der Waals surface area (Å²) < 4.78 is 2.24. The molecule has 4 rings (SSSR count). The molecule has 2 unspecified atom stereocenters. The number of carbonyl (C=O) groups is 4. The highest BCUT2D eigenvalue weighted by Crippen LogP contribution is 2.42. The number of nitrogens with zero attached hydrogens (tertiary/aromatic N) is 2. The van der Waals surface area contributed by atoms with Gasteiger partial charge in [-0.2, -0.15) is 0 Å². The lowest BCUT2D eigenvalue weighted by atomic mass is 9.99. The Bertz CT molecular complexity index is 1190. The van der Waals surface area contributed by atoms with Crippen molar-refractivity contribution >= 4 is 94.1 Å². The van der Waals surface area contributed by atoms with E-state index < -0.39 is 0 Å². The largest absolute Gasteiger partial charge is 0.274 e. The summed E-state index contributed by atoms with van der Waals surface area (Å²) in [6.07, 6.45) is 8.73. The van der Waals surface area contributed by atoms with E-state index in [4.69, 9.17) is 0 Å². The van der Waals surface area contributed by atoms with Crippen LogP contribution in [0.4, 0.5) is 0 Å². The van der Waals surface area contributed by atoms with Gasteiger partial charge >= 0.3 is 0 Å². The highest BCUT2D eigenvalue weighted by atomic mass is 79.9. The second-order valence-electron chi connectivity index (χ2n) is 9.97. The van der Waals surface area contributed by atoms with Gasteiger partial charge in [0.2, 0.25) is 0 Å². The van der Waals surface area contributed by atoms with Gasteiger partial charge in [0.1, 0.15) is 0 Å². The maximum atomic E-state index is 12.4. The standard InChI is InChI=1S/C14H17Br2NO2S.C14H18BrNO2S/c1-3-5-6-8(4-2)7-17-13(18)9-10(14(17)19)12(16)20-11(9)15;1-3-5-6-9(4-2)7-16-13(17)10-8-19-12(15)11(10)14(16)18/h8H,3-7H2,1-2H3;8-9H,3-7H2,1-2H3. The Morgan fingerprint density at radius 2 is 1.10 bits per heavy atom. The number of hydrogen-bond donors (Lipinski definition) is 0. The molecule has 4 amide bonds. The highest BCUT2D eigenvalue weighted by molar-refractivity contribution is 9.12. The minimum Gasteiger partial charge on any atom is -0.274 e. The quantitative estimate of drug-likeness (QED) is 0.202. The molecule has 0 N–H and O–H groups in total. The van der Waals surface area contributed by atoms with Crippen LogP contribution >= 0.6 is 70.5 Å². The van der Waals surface area contributed by atoms with Crippen LogP contribution in [0.25, 0.3) is 0 Å². The Kier molecular flexibility index (Phi) is 12.4. The molecular formula is C28H35Br3N2O4S2. The molecule has 0 radical (unpaired) electrons. The number of halogens is 3. The summed E-state index contributed by atoms with van der Waals surface area (Å²) in [5.41, 5.74) is 2.17. The Hall–Kier alpha value is -0.880. The third kappa shape index (κ3) is 7.13. The highest BCUT2D eigenvalue weighted by Gasteiger charge is 2.41. The number of hydrogen-bond acceptors (Lipinski definition) is 6. The monoisotopic (exact) mass is 764 g/mol. The van der Waals surface area contributed by atoms with E-state index in [0.29, 0.717) is 47.2 Å². The summed E-state index contributed by atoms with van der Waals surface area (Å²) in [6.45, 7) is 9.65. The number of unbranched alkanes of at least 4 members (excludes halogenated alkanes) is 2. The van der Waals surface area contributed by atoms with E-state index in [0.717, 1.165) is 62.7 Å². The van der Waals surface area contributed by atoms with E-state index in [-0.39, 0.29) is 23.6 Å². The van der Waals surface area contributed by atoms with E-state index in [1.54, 1.807) is 5.38 Å². The third-order valence-electron chi connectivity index (χ3n) is 7.39. The maximum absolute atomic E-state index is 12.4.